The minimum atomic E-state index is -0.790. The molecule has 2 saturated heterocycles. The van der Waals surface area contributed by atoms with Gasteiger partial charge in [-0.2, -0.15) is 0 Å². The van der Waals surface area contributed by atoms with Gasteiger partial charge in [-0.25, -0.2) is 4.79 Å². The van der Waals surface area contributed by atoms with Crippen molar-refractivity contribution in [3.8, 4) is 0 Å². The predicted molar refractivity (Wildman–Crippen MR) is 139 cm³/mol. The molecule has 2 unspecified atom stereocenters. The lowest BCUT2D eigenvalue weighted by Gasteiger charge is -2.38. The normalized spacial score (nSPS) is 19.9. The Morgan fingerprint density at radius 3 is 2.31 bits per heavy atom. The molecule has 2 aromatic carbocycles. The molecule has 2 aliphatic heterocycles. The minimum Gasteiger partial charge on any atom is -0.442 e. The lowest BCUT2D eigenvalue weighted by Crippen LogP contribution is -2.50. The van der Waals surface area contributed by atoms with Gasteiger partial charge in [0.15, 0.2) is 0 Å². The molecule has 4 rings (SSSR count). The third kappa shape index (κ3) is 7.19. The van der Waals surface area contributed by atoms with E-state index in [1.54, 1.807) is 0 Å². The first kappa shape index (κ1) is 25.5. The van der Waals surface area contributed by atoms with E-state index in [-0.39, 0.29) is 0 Å². The summed E-state index contributed by atoms with van der Waals surface area (Å²) in [6.45, 7) is 9.04. The molecule has 35 heavy (non-hydrogen) atoms. The first-order chi connectivity index (χ1) is 17.0. The van der Waals surface area contributed by atoms with E-state index in [0.29, 0.717) is 12.8 Å². The maximum Gasteiger partial charge on any atom is 0.405 e. The number of piperidine rings is 1. The molecule has 0 saturated carbocycles. The standard InChI is InChI=1S/C28H40N4O3/c1-22-13-15-31(16-14-22)25-10-6-5-9-24(25)21-30-17-19-32(20-18-30)27(33)12-11-26(35-28(29)34)23-7-3-2-4-8-23/h2-10,22,26-27,33H,11-21H2,1H3,(H2,29,34). The van der Waals surface area contributed by atoms with Crippen LogP contribution in [0.5, 0.6) is 0 Å². The van der Waals surface area contributed by atoms with Crippen LogP contribution in [0.25, 0.3) is 0 Å². The summed E-state index contributed by atoms with van der Waals surface area (Å²) in [4.78, 5) is 18.5. The number of piperazine rings is 1. The van der Waals surface area contributed by atoms with Gasteiger partial charge >= 0.3 is 6.09 Å². The largest absolute Gasteiger partial charge is 0.442 e. The zero-order valence-electron chi connectivity index (χ0n) is 20.9. The van der Waals surface area contributed by atoms with Gasteiger partial charge in [0.2, 0.25) is 0 Å². The number of rotatable bonds is 9. The number of benzene rings is 2. The smallest absolute Gasteiger partial charge is 0.405 e. The fourth-order valence-electron chi connectivity index (χ4n) is 5.25. The van der Waals surface area contributed by atoms with Gasteiger partial charge in [0.05, 0.1) is 0 Å². The second kappa shape index (κ2) is 12.4. The van der Waals surface area contributed by atoms with E-state index < -0.39 is 18.4 Å². The van der Waals surface area contributed by atoms with Crippen molar-refractivity contribution < 1.29 is 14.6 Å². The Kier molecular flexibility index (Phi) is 9.01. The molecule has 190 valence electrons. The van der Waals surface area contributed by atoms with Crippen molar-refractivity contribution in [3.05, 3.63) is 65.7 Å². The number of anilines is 1. The molecule has 1 amide bonds. The highest BCUT2D eigenvalue weighted by Crippen LogP contribution is 2.28. The van der Waals surface area contributed by atoms with E-state index in [4.69, 9.17) is 10.5 Å². The number of amides is 1. The van der Waals surface area contributed by atoms with Gasteiger partial charge in [-0.1, -0.05) is 55.5 Å². The number of hydrogen-bond acceptors (Lipinski definition) is 6. The average molecular weight is 481 g/mol. The fraction of sp³-hybridized carbons (Fsp3) is 0.536. The number of para-hydroxylation sites is 1. The Bertz CT molecular complexity index is 925. The number of primary amides is 1. The van der Waals surface area contributed by atoms with Crippen LogP contribution in [0.15, 0.2) is 54.6 Å². The summed E-state index contributed by atoms with van der Waals surface area (Å²) in [7, 11) is 0. The van der Waals surface area contributed by atoms with Gasteiger partial charge in [0, 0.05) is 51.5 Å². The number of nitrogens with zero attached hydrogens (tertiary/aromatic N) is 3. The maximum absolute atomic E-state index is 11.4. The minimum absolute atomic E-state index is 0.445. The van der Waals surface area contributed by atoms with Crippen LogP contribution in [0.4, 0.5) is 10.5 Å². The summed E-state index contributed by atoms with van der Waals surface area (Å²) >= 11 is 0. The summed E-state index contributed by atoms with van der Waals surface area (Å²) in [5, 5.41) is 10.8. The van der Waals surface area contributed by atoms with Crippen LogP contribution in [0.3, 0.4) is 0 Å². The van der Waals surface area contributed by atoms with Gasteiger partial charge < -0.3 is 20.5 Å². The molecule has 2 atom stereocenters. The Hall–Kier alpha value is -2.61. The molecule has 0 radical (unpaired) electrons. The highest BCUT2D eigenvalue weighted by atomic mass is 16.6. The van der Waals surface area contributed by atoms with Gasteiger partial charge in [-0.05, 0) is 48.8 Å². The summed E-state index contributed by atoms with van der Waals surface area (Å²) < 4.78 is 5.32. The van der Waals surface area contributed by atoms with Crippen LogP contribution in [0.2, 0.25) is 0 Å². The van der Waals surface area contributed by atoms with Crippen molar-refractivity contribution in [2.45, 2.75) is 51.5 Å². The highest BCUT2D eigenvalue weighted by molar-refractivity contribution is 5.65. The Morgan fingerprint density at radius 1 is 0.971 bits per heavy atom. The van der Waals surface area contributed by atoms with E-state index >= 15 is 0 Å². The number of carbonyl (C=O) groups is 1. The number of nitrogens with two attached hydrogens (primary N) is 1. The second-order valence-corrected chi connectivity index (χ2v) is 10.0. The van der Waals surface area contributed by atoms with Crippen LogP contribution >= 0.6 is 0 Å². The van der Waals surface area contributed by atoms with Crippen molar-refractivity contribution >= 4 is 11.8 Å². The number of aliphatic hydroxyl groups is 1. The van der Waals surface area contributed by atoms with E-state index in [1.807, 2.05) is 30.3 Å². The van der Waals surface area contributed by atoms with Crippen LogP contribution in [0, 0.1) is 5.92 Å². The van der Waals surface area contributed by atoms with Crippen LogP contribution < -0.4 is 10.6 Å². The third-order valence-corrected chi connectivity index (χ3v) is 7.46. The SMILES string of the molecule is CC1CCN(c2ccccc2CN2CCN(C(O)CCC(OC(N)=O)c3ccccc3)CC2)CC1. The van der Waals surface area contributed by atoms with Gasteiger partial charge in [0.1, 0.15) is 12.3 Å². The van der Waals surface area contributed by atoms with Crippen LogP contribution in [-0.4, -0.2) is 66.5 Å². The molecule has 0 aromatic heterocycles. The molecule has 2 aromatic rings. The molecular weight excluding hydrogens is 440 g/mol. The number of carbonyl (C=O) groups excluding carboxylic acids is 1. The zero-order valence-corrected chi connectivity index (χ0v) is 20.9. The summed E-state index contributed by atoms with van der Waals surface area (Å²) in [5.74, 6) is 0.822. The second-order valence-electron chi connectivity index (χ2n) is 10.0. The van der Waals surface area contributed by atoms with E-state index in [0.717, 1.165) is 57.3 Å². The lowest BCUT2D eigenvalue weighted by atomic mass is 9.98. The molecule has 2 aliphatic rings. The predicted octanol–water partition coefficient (Wildman–Crippen LogP) is 3.98. The van der Waals surface area contributed by atoms with Crippen LogP contribution in [0.1, 0.15) is 49.8 Å². The third-order valence-electron chi connectivity index (χ3n) is 7.46. The lowest BCUT2D eigenvalue weighted by molar-refractivity contribution is -0.0385. The van der Waals surface area contributed by atoms with E-state index in [9.17, 15) is 9.90 Å². The highest BCUT2D eigenvalue weighted by Gasteiger charge is 2.25. The van der Waals surface area contributed by atoms with Crippen molar-refractivity contribution in [2.75, 3.05) is 44.2 Å². The summed E-state index contributed by atoms with van der Waals surface area (Å²) in [6.07, 6.45) is 1.77. The molecule has 2 fully saturated rings. The number of hydrogen-bond donors (Lipinski definition) is 2. The maximum atomic E-state index is 11.4. The monoisotopic (exact) mass is 480 g/mol. The van der Waals surface area contributed by atoms with E-state index in [2.05, 4.69) is 45.9 Å². The van der Waals surface area contributed by atoms with Crippen molar-refractivity contribution in [1.82, 2.24) is 9.80 Å². The molecule has 0 aliphatic carbocycles. The Morgan fingerprint density at radius 2 is 1.63 bits per heavy atom. The fourth-order valence-corrected chi connectivity index (χ4v) is 5.25. The van der Waals surface area contributed by atoms with Crippen molar-refractivity contribution in [2.24, 2.45) is 11.7 Å². The molecule has 2 heterocycles. The van der Waals surface area contributed by atoms with Gasteiger partial charge in [-0.15, -0.1) is 0 Å². The zero-order chi connectivity index (χ0) is 24.6. The van der Waals surface area contributed by atoms with Crippen LogP contribution in [-0.2, 0) is 11.3 Å². The first-order valence-corrected chi connectivity index (χ1v) is 13.0. The molecule has 7 nitrogen and oxygen atoms in total. The van der Waals surface area contributed by atoms with Gasteiger partial charge in [0.25, 0.3) is 0 Å². The van der Waals surface area contributed by atoms with Crippen molar-refractivity contribution in [1.29, 1.82) is 0 Å². The number of ether oxygens (including phenoxy) is 1. The summed E-state index contributed by atoms with van der Waals surface area (Å²) in [6, 6.07) is 18.4. The Labute approximate surface area is 209 Å². The van der Waals surface area contributed by atoms with Gasteiger partial charge in [-0.3, -0.25) is 9.80 Å². The molecule has 0 spiro atoms. The molecule has 7 heteroatoms. The molecule has 0 bridgehead atoms. The Balaban J connectivity index is 1.27. The summed E-state index contributed by atoms with van der Waals surface area (Å²) in [5.41, 5.74) is 8.95. The quantitative estimate of drug-likeness (QED) is 0.565. The van der Waals surface area contributed by atoms with Crippen molar-refractivity contribution in [3.63, 3.8) is 0 Å². The van der Waals surface area contributed by atoms with E-state index in [1.165, 1.54) is 24.1 Å². The first-order valence-electron chi connectivity index (χ1n) is 13.0. The molecular formula is C28H40N4O3. The topological polar surface area (TPSA) is 82.3 Å². The number of aliphatic hydroxyl groups excluding tert-OH is 1. The average Bonchev–Trinajstić information content (AvgIpc) is 2.88. The molecule has 3 N–H and O–H groups in total.